The number of amides is 1. The van der Waals surface area contributed by atoms with E-state index in [1.165, 1.54) is 0 Å². The van der Waals surface area contributed by atoms with Gasteiger partial charge in [-0.05, 0) is 45.1 Å². The van der Waals surface area contributed by atoms with Crippen molar-refractivity contribution in [1.29, 1.82) is 0 Å². The minimum Gasteiger partial charge on any atom is -0.455 e. The number of carbonyl (C=O) groups excluding carboxylic acids is 2. The lowest BCUT2D eigenvalue weighted by molar-refractivity contribution is -0.156. The van der Waals surface area contributed by atoms with Crippen LogP contribution in [0.15, 0.2) is 30.3 Å². The molecule has 1 fully saturated rings. The monoisotopic (exact) mass is 317 g/mol. The predicted octanol–water partition coefficient (Wildman–Crippen LogP) is 3.51. The van der Waals surface area contributed by atoms with Crippen LogP contribution in [0.1, 0.15) is 57.9 Å². The second-order valence-corrected chi connectivity index (χ2v) is 6.41. The molecule has 4 heteroatoms. The zero-order chi connectivity index (χ0) is 16.8. The van der Waals surface area contributed by atoms with Crippen LogP contribution in [0.5, 0.6) is 0 Å². The van der Waals surface area contributed by atoms with Crippen LogP contribution >= 0.6 is 0 Å². The summed E-state index contributed by atoms with van der Waals surface area (Å²) in [5.41, 5.74) is 0.937. The summed E-state index contributed by atoms with van der Waals surface area (Å²) in [6.07, 6.45) is 3.85. The van der Waals surface area contributed by atoms with Crippen LogP contribution in [-0.4, -0.2) is 35.5 Å². The topological polar surface area (TPSA) is 46.6 Å². The lowest BCUT2D eigenvalue weighted by atomic mass is 9.97. The summed E-state index contributed by atoms with van der Waals surface area (Å²) >= 11 is 0. The number of ether oxygens (including phenoxy) is 1. The standard InChI is InChI=1S/C19H27NO3/c1-4-17(16-11-6-5-7-12-16)19(22)23-13-18(21)20-14(2)9-8-10-15(20)3/h5-7,11-12,14-15,17H,4,8-10,13H2,1-3H3/t14-,15+,17-/m1/s1. The molecule has 0 bridgehead atoms. The fourth-order valence-corrected chi connectivity index (χ4v) is 3.44. The zero-order valence-electron chi connectivity index (χ0n) is 14.3. The minimum atomic E-state index is -0.315. The van der Waals surface area contributed by atoms with Crippen LogP contribution in [0.25, 0.3) is 0 Å². The number of hydrogen-bond donors (Lipinski definition) is 0. The van der Waals surface area contributed by atoms with Gasteiger partial charge in [-0.25, -0.2) is 0 Å². The van der Waals surface area contributed by atoms with Crippen molar-refractivity contribution in [3.8, 4) is 0 Å². The summed E-state index contributed by atoms with van der Waals surface area (Å²) < 4.78 is 5.33. The maximum absolute atomic E-state index is 12.4. The van der Waals surface area contributed by atoms with Crippen molar-refractivity contribution in [3.63, 3.8) is 0 Å². The fraction of sp³-hybridized carbons (Fsp3) is 0.579. The molecule has 0 saturated carbocycles. The van der Waals surface area contributed by atoms with Crippen molar-refractivity contribution in [2.24, 2.45) is 0 Å². The SMILES string of the molecule is CC[C@@H](C(=O)OCC(=O)N1[C@H](C)CCC[C@@H]1C)c1ccccc1. The average molecular weight is 317 g/mol. The van der Waals surface area contributed by atoms with E-state index in [2.05, 4.69) is 13.8 Å². The Morgan fingerprint density at radius 2 is 1.78 bits per heavy atom. The van der Waals surface area contributed by atoms with Gasteiger partial charge in [-0.1, -0.05) is 37.3 Å². The van der Waals surface area contributed by atoms with Crippen LogP contribution in [0, 0.1) is 0 Å². The lowest BCUT2D eigenvalue weighted by Gasteiger charge is -2.38. The van der Waals surface area contributed by atoms with Crippen molar-refractivity contribution in [1.82, 2.24) is 4.90 Å². The highest BCUT2D eigenvalue weighted by Gasteiger charge is 2.30. The van der Waals surface area contributed by atoms with Gasteiger partial charge in [0.1, 0.15) is 0 Å². The van der Waals surface area contributed by atoms with Gasteiger partial charge >= 0.3 is 5.97 Å². The first-order chi connectivity index (χ1) is 11.0. The van der Waals surface area contributed by atoms with Crippen LogP contribution < -0.4 is 0 Å². The van der Waals surface area contributed by atoms with E-state index in [1.54, 1.807) is 0 Å². The lowest BCUT2D eigenvalue weighted by Crippen LogP contribution is -2.49. The molecule has 0 spiro atoms. The van der Waals surface area contributed by atoms with Crippen molar-refractivity contribution < 1.29 is 14.3 Å². The van der Waals surface area contributed by atoms with E-state index in [0.29, 0.717) is 6.42 Å². The Morgan fingerprint density at radius 1 is 1.17 bits per heavy atom. The average Bonchev–Trinajstić information content (AvgIpc) is 2.54. The highest BCUT2D eigenvalue weighted by Crippen LogP contribution is 2.24. The van der Waals surface area contributed by atoms with Gasteiger partial charge in [-0.3, -0.25) is 9.59 Å². The minimum absolute atomic E-state index is 0.0824. The highest BCUT2D eigenvalue weighted by molar-refractivity contribution is 5.83. The molecule has 126 valence electrons. The maximum Gasteiger partial charge on any atom is 0.313 e. The number of likely N-dealkylation sites (tertiary alicyclic amines) is 1. The van der Waals surface area contributed by atoms with Crippen LogP contribution in [0.2, 0.25) is 0 Å². The van der Waals surface area contributed by atoms with Crippen LogP contribution in [-0.2, 0) is 14.3 Å². The molecule has 1 heterocycles. The van der Waals surface area contributed by atoms with Crippen molar-refractivity contribution in [2.75, 3.05) is 6.61 Å². The number of hydrogen-bond acceptors (Lipinski definition) is 3. The summed E-state index contributed by atoms with van der Waals surface area (Å²) in [5, 5.41) is 0. The molecule has 1 amide bonds. The Morgan fingerprint density at radius 3 is 2.35 bits per heavy atom. The van der Waals surface area contributed by atoms with Crippen LogP contribution in [0.3, 0.4) is 0 Å². The number of nitrogens with zero attached hydrogens (tertiary/aromatic N) is 1. The van der Waals surface area contributed by atoms with Gasteiger partial charge in [0.15, 0.2) is 6.61 Å². The van der Waals surface area contributed by atoms with Crippen molar-refractivity contribution in [2.45, 2.75) is 64.5 Å². The molecule has 1 aliphatic rings. The van der Waals surface area contributed by atoms with E-state index >= 15 is 0 Å². The third-order valence-corrected chi connectivity index (χ3v) is 4.71. The molecular formula is C19H27NO3. The smallest absolute Gasteiger partial charge is 0.313 e. The molecule has 1 aliphatic heterocycles. The molecule has 23 heavy (non-hydrogen) atoms. The number of benzene rings is 1. The van der Waals surface area contributed by atoms with Gasteiger partial charge in [0.2, 0.25) is 0 Å². The molecular weight excluding hydrogens is 290 g/mol. The van der Waals surface area contributed by atoms with Gasteiger partial charge in [0.25, 0.3) is 5.91 Å². The first kappa shape index (κ1) is 17.5. The highest BCUT2D eigenvalue weighted by atomic mass is 16.5. The summed E-state index contributed by atoms with van der Waals surface area (Å²) in [4.78, 5) is 26.6. The maximum atomic E-state index is 12.4. The zero-order valence-corrected chi connectivity index (χ0v) is 14.3. The fourth-order valence-electron chi connectivity index (χ4n) is 3.44. The van der Waals surface area contributed by atoms with Gasteiger partial charge in [0, 0.05) is 12.1 Å². The Labute approximate surface area is 138 Å². The third kappa shape index (κ3) is 4.34. The molecule has 0 radical (unpaired) electrons. The Hall–Kier alpha value is -1.84. The van der Waals surface area contributed by atoms with Gasteiger partial charge in [-0.2, -0.15) is 0 Å². The number of carbonyl (C=O) groups is 2. The molecule has 1 aromatic carbocycles. The Balaban J connectivity index is 1.93. The molecule has 1 aromatic rings. The predicted molar refractivity (Wildman–Crippen MR) is 90.1 cm³/mol. The third-order valence-electron chi connectivity index (χ3n) is 4.71. The van der Waals surface area contributed by atoms with E-state index in [0.717, 1.165) is 24.8 Å². The van der Waals surface area contributed by atoms with E-state index in [1.807, 2.05) is 42.2 Å². The summed E-state index contributed by atoms with van der Waals surface area (Å²) in [7, 11) is 0. The van der Waals surface area contributed by atoms with Crippen molar-refractivity contribution in [3.05, 3.63) is 35.9 Å². The van der Waals surface area contributed by atoms with E-state index in [-0.39, 0.29) is 36.5 Å². The van der Waals surface area contributed by atoms with Gasteiger partial charge in [-0.15, -0.1) is 0 Å². The molecule has 1 saturated heterocycles. The molecule has 2 rings (SSSR count). The van der Waals surface area contributed by atoms with Gasteiger partial charge in [0.05, 0.1) is 5.92 Å². The van der Waals surface area contributed by atoms with E-state index in [4.69, 9.17) is 4.74 Å². The molecule has 4 nitrogen and oxygen atoms in total. The molecule has 0 N–H and O–H groups in total. The van der Waals surface area contributed by atoms with E-state index in [9.17, 15) is 9.59 Å². The quantitative estimate of drug-likeness (QED) is 0.781. The molecule has 0 unspecified atom stereocenters. The molecule has 0 aliphatic carbocycles. The summed E-state index contributed by atoms with van der Waals surface area (Å²) in [5.74, 6) is -0.703. The van der Waals surface area contributed by atoms with E-state index < -0.39 is 0 Å². The van der Waals surface area contributed by atoms with Gasteiger partial charge < -0.3 is 9.64 Å². The number of rotatable bonds is 5. The first-order valence-electron chi connectivity index (χ1n) is 8.57. The number of piperidine rings is 1. The van der Waals surface area contributed by atoms with Crippen LogP contribution in [0.4, 0.5) is 0 Å². The summed E-state index contributed by atoms with van der Waals surface area (Å²) in [6.45, 7) is 5.93. The largest absolute Gasteiger partial charge is 0.455 e. The second kappa shape index (κ2) is 8.14. The Kier molecular flexibility index (Phi) is 6.20. The van der Waals surface area contributed by atoms with Crippen molar-refractivity contribution >= 4 is 11.9 Å². The first-order valence-corrected chi connectivity index (χ1v) is 8.57. The summed E-state index contributed by atoms with van der Waals surface area (Å²) in [6, 6.07) is 10.0. The molecule has 3 atom stereocenters. The normalized spacial score (nSPS) is 22.5. The number of esters is 1. The Bertz CT molecular complexity index is 519. The molecule has 0 aromatic heterocycles. The second-order valence-electron chi connectivity index (χ2n) is 6.41.